The molecule has 3 heterocycles. The van der Waals surface area contributed by atoms with Crippen LogP contribution in [0.25, 0.3) is 0 Å². The summed E-state index contributed by atoms with van der Waals surface area (Å²) in [6.45, 7) is 4.58. The van der Waals surface area contributed by atoms with Crippen LogP contribution in [0.3, 0.4) is 0 Å². The molecule has 1 amide bonds. The predicted molar refractivity (Wildman–Crippen MR) is 116 cm³/mol. The maximum Gasteiger partial charge on any atom is 0.416 e. The van der Waals surface area contributed by atoms with Gasteiger partial charge in [0.1, 0.15) is 0 Å². The Morgan fingerprint density at radius 1 is 1.18 bits per heavy atom. The second-order valence-electron chi connectivity index (χ2n) is 10.3. The van der Waals surface area contributed by atoms with E-state index < -0.39 is 17.2 Å². The van der Waals surface area contributed by atoms with Crippen LogP contribution in [0.1, 0.15) is 55.7 Å². The molecule has 5 nitrogen and oxygen atoms in total. The van der Waals surface area contributed by atoms with Crippen LogP contribution in [0.5, 0.6) is 0 Å². The summed E-state index contributed by atoms with van der Waals surface area (Å²) in [4.78, 5) is 18.0. The number of aliphatic hydroxyl groups excluding tert-OH is 1. The van der Waals surface area contributed by atoms with Crippen LogP contribution in [0, 0.1) is 11.3 Å². The first-order valence-corrected chi connectivity index (χ1v) is 12.2. The SMILES string of the molecule is CC1C2Cc3ccc(C(F)(F)F)cc3CN2C(=O)[C@]12CC[C@@H](N(CCO)C1CCOCC1)C2. The monoisotopic (exact) mass is 466 g/mol. The molecule has 4 atom stereocenters. The fourth-order valence-corrected chi connectivity index (χ4v) is 7.04. The Bertz CT molecular complexity index is 901. The van der Waals surface area contributed by atoms with Gasteiger partial charge < -0.3 is 14.7 Å². The second-order valence-corrected chi connectivity index (χ2v) is 10.3. The van der Waals surface area contributed by atoms with Gasteiger partial charge >= 0.3 is 6.18 Å². The zero-order valence-corrected chi connectivity index (χ0v) is 19.1. The lowest BCUT2D eigenvalue weighted by atomic mass is 9.73. The van der Waals surface area contributed by atoms with Crippen LogP contribution in [0.4, 0.5) is 13.2 Å². The van der Waals surface area contributed by atoms with Crippen LogP contribution < -0.4 is 0 Å². The predicted octanol–water partition coefficient (Wildman–Crippen LogP) is 3.62. The number of fused-ring (bicyclic) bond motifs is 2. The smallest absolute Gasteiger partial charge is 0.395 e. The third kappa shape index (κ3) is 3.88. The molecule has 182 valence electrons. The van der Waals surface area contributed by atoms with Gasteiger partial charge in [0, 0.05) is 44.4 Å². The number of carbonyl (C=O) groups excluding carboxylic acids is 1. The number of rotatable bonds is 4. The number of benzene rings is 1. The summed E-state index contributed by atoms with van der Waals surface area (Å²) in [6.07, 6.45) is 0.610. The van der Waals surface area contributed by atoms with Gasteiger partial charge in [-0.05, 0) is 67.7 Å². The van der Waals surface area contributed by atoms with Crippen molar-refractivity contribution in [1.82, 2.24) is 9.80 Å². The van der Waals surface area contributed by atoms with Crippen molar-refractivity contribution in [2.45, 2.75) is 76.3 Å². The van der Waals surface area contributed by atoms with Crippen LogP contribution in [-0.4, -0.2) is 65.3 Å². The summed E-state index contributed by atoms with van der Waals surface area (Å²) in [5, 5.41) is 9.71. The van der Waals surface area contributed by atoms with Gasteiger partial charge in [0.25, 0.3) is 0 Å². The minimum Gasteiger partial charge on any atom is -0.395 e. The summed E-state index contributed by atoms with van der Waals surface area (Å²) >= 11 is 0. The van der Waals surface area contributed by atoms with Crippen LogP contribution in [0.2, 0.25) is 0 Å². The molecule has 8 heteroatoms. The van der Waals surface area contributed by atoms with E-state index in [-0.39, 0.29) is 37.1 Å². The van der Waals surface area contributed by atoms with E-state index in [1.807, 2.05) is 4.90 Å². The van der Waals surface area contributed by atoms with Gasteiger partial charge in [-0.3, -0.25) is 9.69 Å². The molecule has 5 rings (SSSR count). The first kappa shape index (κ1) is 23.1. The van der Waals surface area contributed by atoms with E-state index in [0.717, 1.165) is 56.9 Å². The summed E-state index contributed by atoms with van der Waals surface area (Å²) in [7, 11) is 0. The normalized spacial score (nSPS) is 32.6. The maximum absolute atomic E-state index is 13.8. The fraction of sp³-hybridized carbons (Fsp3) is 0.720. The number of carbonyl (C=O) groups is 1. The Kier molecular flexibility index (Phi) is 5.98. The lowest BCUT2D eigenvalue weighted by Crippen LogP contribution is -2.47. The van der Waals surface area contributed by atoms with Gasteiger partial charge in [0.2, 0.25) is 5.91 Å². The molecule has 2 saturated heterocycles. The van der Waals surface area contributed by atoms with E-state index in [9.17, 15) is 23.1 Å². The Morgan fingerprint density at radius 2 is 1.94 bits per heavy atom. The highest BCUT2D eigenvalue weighted by molar-refractivity contribution is 5.87. The van der Waals surface area contributed by atoms with E-state index >= 15 is 0 Å². The van der Waals surface area contributed by atoms with E-state index in [2.05, 4.69) is 11.8 Å². The van der Waals surface area contributed by atoms with Crippen molar-refractivity contribution >= 4 is 5.91 Å². The van der Waals surface area contributed by atoms with Gasteiger partial charge in [-0.25, -0.2) is 0 Å². The van der Waals surface area contributed by atoms with Crippen molar-refractivity contribution < 1.29 is 27.8 Å². The molecule has 1 N–H and O–H groups in total. The van der Waals surface area contributed by atoms with Crippen molar-refractivity contribution in [3.05, 3.63) is 34.9 Å². The molecule has 33 heavy (non-hydrogen) atoms. The fourth-order valence-electron chi connectivity index (χ4n) is 7.04. The standard InChI is InChI=1S/C25H33F3N2O3/c1-16-22-13-17-2-3-19(25(26,27)28)12-18(17)15-30(22)23(32)24(16)7-4-21(14-24)29(8-9-31)20-5-10-33-11-6-20/h2-3,12,16,20-22,31H,4-11,13-15H2,1H3/t16?,21-,22?,24+/m1/s1. The molecule has 1 aromatic rings. The average Bonchev–Trinajstić information content (AvgIpc) is 3.33. The molecule has 1 aliphatic carbocycles. The topological polar surface area (TPSA) is 53.0 Å². The number of aliphatic hydroxyl groups is 1. The van der Waals surface area contributed by atoms with Crippen LogP contribution in [-0.2, 0) is 28.7 Å². The number of alkyl halides is 3. The molecule has 1 saturated carbocycles. The molecule has 1 aromatic carbocycles. The van der Waals surface area contributed by atoms with Gasteiger partial charge in [-0.15, -0.1) is 0 Å². The number of halogens is 3. The minimum absolute atomic E-state index is 0.0369. The molecule has 0 radical (unpaired) electrons. The quantitative estimate of drug-likeness (QED) is 0.737. The molecule has 4 aliphatic rings. The number of amides is 1. The van der Waals surface area contributed by atoms with Crippen LogP contribution in [0.15, 0.2) is 18.2 Å². The Balaban J connectivity index is 1.37. The molecular formula is C25H33F3N2O3. The van der Waals surface area contributed by atoms with E-state index in [1.54, 1.807) is 6.07 Å². The summed E-state index contributed by atoms with van der Waals surface area (Å²) < 4.78 is 45.2. The Labute approximate surface area is 192 Å². The zero-order valence-electron chi connectivity index (χ0n) is 19.1. The number of hydrogen-bond acceptors (Lipinski definition) is 4. The van der Waals surface area contributed by atoms with E-state index in [0.29, 0.717) is 24.6 Å². The number of nitrogens with zero attached hydrogens (tertiary/aromatic N) is 2. The Hall–Kier alpha value is -1.64. The molecule has 3 fully saturated rings. The summed E-state index contributed by atoms with van der Waals surface area (Å²) in [5.41, 5.74) is 0.450. The number of ether oxygens (including phenoxy) is 1. The van der Waals surface area contributed by atoms with Crippen molar-refractivity contribution in [1.29, 1.82) is 0 Å². The highest BCUT2D eigenvalue weighted by atomic mass is 19.4. The van der Waals surface area contributed by atoms with Gasteiger partial charge in [-0.2, -0.15) is 13.2 Å². The largest absolute Gasteiger partial charge is 0.416 e. The third-order valence-electron chi connectivity index (χ3n) is 8.85. The van der Waals surface area contributed by atoms with E-state index in [1.165, 1.54) is 6.07 Å². The molecule has 1 spiro atoms. The lowest BCUT2D eigenvalue weighted by Gasteiger charge is -2.39. The molecule has 0 bridgehead atoms. The number of hydrogen-bond donors (Lipinski definition) is 1. The van der Waals surface area contributed by atoms with Crippen LogP contribution >= 0.6 is 0 Å². The summed E-state index contributed by atoms with van der Waals surface area (Å²) in [6, 6.07) is 4.63. The third-order valence-corrected chi connectivity index (χ3v) is 8.85. The maximum atomic E-state index is 13.8. The van der Waals surface area contributed by atoms with E-state index in [4.69, 9.17) is 4.74 Å². The van der Waals surface area contributed by atoms with Crippen molar-refractivity contribution in [3.8, 4) is 0 Å². The lowest BCUT2D eigenvalue weighted by molar-refractivity contribution is -0.138. The second kappa shape index (κ2) is 8.54. The first-order chi connectivity index (χ1) is 15.7. The minimum atomic E-state index is -4.38. The van der Waals surface area contributed by atoms with Crippen molar-refractivity contribution in [2.75, 3.05) is 26.4 Å². The average molecular weight is 467 g/mol. The van der Waals surface area contributed by atoms with Crippen molar-refractivity contribution in [3.63, 3.8) is 0 Å². The molecule has 3 aliphatic heterocycles. The first-order valence-electron chi connectivity index (χ1n) is 12.2. The highest BCUT2D eigenvalue weighted by Gasteiger charge is 2.61. The van der Waals surface area contributed by atoms with Gasteiger partial charge in [-0.1, -0.05) is 13.0 Å². The molecular weight excluding hydrogens is 433 g/mol. The van der Waals surface area contributed by atoms with Crippen molar-refractivity contribution in [2.24, 2.45) is 11.3 Å². The highest BCUT2D eigenvalue weighted by Crippen LogP contribution is 2.55. The summed E-state index contributed by atoms with van der Waals surface area (Å²) in [5.74, 6) is 0.262. The molecule has 0 aromatic heterocycles. The zero-order chi connectivity index (χ0) is 23.4. The molecule has 2 unspecified atom stereocenters. The van der Waals surface area contributed by atoms with Gasteiger partial charge in [0.15, 0.2) is 0 Å². The van der Waals surface area contributed by atoms with Gasteiger partial charge in [0.05, 0.1) is 17.6 Å². The Morgan fingerprint density at radius 3 is 2.64 bits per heavy atom.